The van der Waals surface area contributed by atoms with E-state index in [4.69, 9.17) is 4.74 Å². The number of hydrogen-bond donors (Lipinski definition) is 2. The average Bonchev–Trinajstić information content (AvgIpc) is 2.05. The number of allylic oxidation sites excluding steroid dienone is 2. The molecule has 0 saturated heterocycles. The molecule has 2 atom stereocenters. The van der Waals surface area contributed by atoms with Crippen molar-refractivity contribution in [2.75, 3.05) is 13.2 Å². The lowest BCUT2D eigenvalue weighted by Crippen LogP contribution is -2.18. The van der Waals surface area contributed by atoms with E-state index < -0.39 is 12.2 Å². The summed E-state index contributed by atoms with van der Waals surface area (Å²) in [5.74, 6) is 0. The summed E-state index contributed by atoms with van der Waals surface area (Å²) >= 11 is 0. The van der Waals surface area contributed by atoms with Gasteiger partial charge in [-0.1, -0.05) is 24.3 Å². The van der Waals surface area contributed by atoms with Gasteiger partial charge < -0.3 is 14.9 Å². The molecule has 3 nitrogen and oxygen atoms in total. The number of aliphatic hydroxyl groups excluding tert-OH is 2. The third-order valence-electron chi connectivity index (χ3n) is 1.41. The first-order chi connectivity index (χ1) is 6.20. The van der Waals surface area contributed by atoms with Crippen molar-refractivity contribution in [3.63, 3.8) is 0 Å². The predicted molar refractivity (Wildman–Crippen MR) is 52.5 cm³/mol. The average molecular weight is 186 g/mol. The molecule has 0 amide bonds. The second-order valence-corrected chi connectivity index (χ2v) is 2.72. The molecule has 0 rings (SSSR count). The van der Waals surface area contributed by atoms with Crippen molar-refractivity contribution < 1.29 is 14.9 Å². The Kier molecular flexibility index (Phi) is 7.59. The summed E-state index contributed by atoms with van der Waals surface area (Å²) in [6.07, 6.45) is 5.64. The minimum absolute atomic E-state index is 0.221. The Bertz CT molecular complexity index is 146. The minimum Gasteiger partial charge on any atom is -0.387 e. The number of ether oxygens (including phenoxy) is 1. The van der Waals surface area contributed by atoms with Gasteiger partial charge in [0.25, 0.3) is 0 Å². The van der Waals surface area contributed by atoms with Crippen LogP contribution in [0.25, 0.3) is 0 Å². The van der Waals surface area contributed by atoms with Gasteiger partial charge >= 0.3 is 0 Å². The second kappa shape index (κ2) is 7.98. The van der Waals surface area contributed by atoms with Crippen LogP contribution in [0.4, 0.5) is 0 Å². The van der Waals surface area contributed by atoms with Gasteiger partial charge in [0.1, 0.15) is 0 Å². The Labute approximate surface area is 79.3 Å². The van der Waals surface area contributed by atoms with Crippen molar-refractivity contribution in [3.8, 4) is 0 Å². The van der Waals surface area contributed by atoms with Gasteiger partial charge in [-0.3, -0.25) is 0 Å². The molecule has 3 heteroatoms. The summed E-state index contributed by atoms with van der Waals surface area (Å²) < 4.78 is 5.06. The molecule has 0 aromatic rings. The molecule has 13 heavy (non-hydrogen) atoms. The van der Waals surface area contributed by atoms with Crippen LogP contribution in [0.2, 0.25) is 0 Å². The van der Waals surface area contributed by atoms with E-state index in [1.807, 2.05) is 13.8 Å². The van der Waals surface area contributed by atoms with Crippen LogP contribution in [-0.4, -0.2) is 35.6 Å². The van der Waals surface area contributed by atoms with Crippen LogP contribution in [-0.2, 0) is 4.74 Å². The molecule has 76 valence electrons. The standard InChI is InChI=1S/C10H18O3/c1-3-5-9(11)7-13-8-10(12)6-4-2/h3-6,9-12H,7-8H2,1-2H3. The highest BCUT2D eigenvalue weighted by molar-refractivity contribution is 4.87. The van der Waals surface area contributed by atoms with E-state index >= 15 is 0 Å². The van der Waals surface area contributed by atoms with E-state index in [9.17, 15) is 10.2 Å². The van der Waals surface area contributed by atoms with Crippen molar-refractivity contribution in [1.82, 2.24) is 0 Å². The fraction of sp³-hybridized carbons (Fsp3) is 0.600. The maximum atomic E-state index is 9.18. The summed E-state index contributed by atoms with van der Waals surface area (Å²) in [6.45, 7) is 4.10. The smallest absolute Gasteiger partial charge is 0.0954 e. The van der Waals surface area contributed by atoms with Crippen LogP contribution in [0.15, 0.2) is 24.3 Å². The lowest BCUT2D eigenvalue weighted by Gasteiger charge is -2.09. The van der Waals surface area contributed by atoms with E-state index in [1.165, 1.54) is 0 Å². The van der Waals surface area contributed by atoms with Gasteiger partial charge in [0.05, 0.1) is 25.4 Å². The lowest BCUT2D eigenvalue weighted by atomic mass is 10.3. The third kappa shape index (κ3) is 7.71. The normalized spacial score (nSPS) is 16.9. The molecule has 0 aromatic heterocycles. The van der Waals surface area contributed by atoms with Gasteiger partial charge in [-0.05, 0) is 13.8 Å². The molecule has 2 unspecified atom stereocenters. The Morgan fingerprint density at radius 3 is 1.69 bits per heavy atom. The van der Waals surface area contributed by atoms with Gasteiger partial charge in [0.15, 0.2) is 0 Å². The van der Waals surface area contributed by atoms with E-state index in [2.05, 4.69) is 0 Å². The molecular weight excluding hydrogens is 168 g/mol. The minimum atomic E-state index is -0.581. The Hall–Kier alpha value is -0.640. The predicted octanol–water partition coefficient (Wildman–Crippen LogP) is 0.877. The molecule has 0 aliphatic heterocycles. The quantitative estimate of drug-likeness (QED) is 0.605. The molecule has 0 aliphatic carbocycles. The van der Waals surface area contributed by atoms with Gasteiger partial charge in [-0.15, -0.1) is 0 Å². The van der Waals surface area contributed by atoms with Crippen LogP contribution in [0, 0.1) is 0 Å². The molecule has 0 bridgehead atoms. The topological polar surface area (TPSA) is 49.7 Å². The molecule has 0 saturated carbocycles. The van der Waals surface area contributed by atoms with Crippen LogP contribution < -0.4 is 0 Å². The van der Waals surface area contributed by atoms with Crippen LogP contribution in [0.1, 0.15) is 13.8 Å². The maximum absolute atomic E-state index is 9.18. The highest BCUT2D eigenvalue weighted by atomic mass is 16.5. The zero-order valence-electron chi connectivity index (χ0n) is 8.18. The fourth-order valence-electron chi connectivity index (χ4n) is 0.865. The summed E-state index contributed by atoms with van der Waals surface area (Å²) in [4.78, 5) is 0. The monoisotopic (exact) mass is 186 g/mol. The van der Waals surface area contributed by atoms with Crippen molar-refractivity contribution in [2.45, 2.75) is 26.1 Å². The molecule has 0 heterocycles. The van der Waals surface area contributed by atoms with Gasteiger partial charge in [0.2, 0.25) is 0 Å². The van der Waals surface area contributed by atoms with Crippen molar-refractivity contribution in [2.24, 2.45) is 0 Å². The third-order valence-corrected chi connectivity index (χ3v) is 1.41. The van der Waals surface area contributed by atoms with Crippen molar-refractivity contribution in [3.05, 3.63) is 24.3 Å². The number of hydrogen-bond acceptors (Lipinski definition) is 3. The van der Waals surface area contributed by atoms with E-state index in [0.717, 1.165) is 0 Å². The largest absolute Gasteiger partial charge is 0.387 e. The van der Waals surface area contributed by atoms with Crippen LogP contribution in [0.3, 0.4) is 0 Å². The summed E-state index contributed by atoms with van der Waals surface area (Å²) in [5.41, 5.74) is 0. The molecule has 2 N–H and O–H groups in total. The summed E-state index contributed by atoms with van der Waals surface area (Å²) in [5, 5.41) is 18.4. The fourth-order valence-corrected chi connectivity index (χ4v) is 0.865. The second-order valence-electron chi connectivity index (χ2n) is 2.72. The van der Waals surface area contributed by atoms with Crippen molar-refractivity contribution in [1.29, 1.82) is 0 Å². The number of rotatable bonds is 6. The first kappa shape index (κ1) is 12.4. The van der Waals surface area contributed by atoms with E-state index in [-0.39, 0.29) is 13.2 Å². The van der Waals surface area contributed by atoms with Crippen molar-refractivity contribution >= 4 is 0 Å². The van der Waals surface area contributed by atoms with E-state index in [1.54, 1.807) is 24.3 Å². The van der Waals surface area contributed by atoms with Crippen LogP contribution >= 0.6 is 0 Å². The highest BCUT2D eigenvalue weighted by Gasteiger charge is 2.01. The summed E-state index contributed by atoms with van der Waals surface area (Å²) in [6, 6.07) is 0. The SMILES string of the molecule is CC=CC(O)COCC(O)C=CC. The molecule has 0 aromatic carbocycles. The van der Waals surface area contributed by atoms with Gasteiger partial charge in [0, 0.05) is 0 Å². The maximum Gasteiger partial charge on any atom is 0.0954 e. The lowest BCUT2D eigenvalue weighted by molar-refractivity contribution is 0.0203. The first-order valence-corrected chi connectivity index (χ1v) is 4.40. The molecule has 0 radical (unpaired) electrons. The molecule has 0 spiro atoms. The Morgan fingerprint density at radius 2 is 1.38 bits per heavy atom. The highest BCUT2D eigenvalue weighted by Crippen LogP contribution is 1.92. The summed E-state index contributed by atoms with van der Waals surface area (Å²) in [7, 11) is 0. The molecule has 0 aliphatic rings. The van der Waals surface area contributed by atoms with Gasteiger partial charge in [-0.2, -0.15) is 0 Å². The zero-order valence-corrected chi connectivity index (χ0v) is 8.18. The van der Waals surface area contributed by atoms with Crippen LogP contribution in [0.5, 0.6) is 0 Å². The molecule has 0 fully saturated rings. The molecular formula is C10H18O3. The number of aliphatic hydroxyl groups is 2. The Morgan fingerprint density at radius 1 is 1.00 bits per heavy atom. The first-order valence-electron chi connectivity index (χ1n) is 4.40. The zero-order chi connectivity index (χ0) is 10.1. The Balaban J connectivity index is 3.44. The van der Waals surface area contributed by atoms with E-state index in [0.29, 0.717) is 0 Å². The van der Waals surface area contributed by atoms with Gasteiger partial charge in [-0.25, -0.2) is 0 Å².